The number of hydrogen-bond acceptors (Lipinski definition) is 4. The Bertz CT molecular complexity index is 757. The van der Waals surface area contributed by atoms with Gasteiger partial charge in [0.05, 0.1) is 6.20 Å². The van der Waals surface area contributed by atoms with Gasteiger partial charge in [0.2, 0.25) is 0 Å². The third kappa shape index (κ3) is 2.84. The minimum Gasteiger partial charge on any atom is -0.480 e. The first kappa shape index (κ1) is 14.5. The molecule has 0 spiro atoms. The highest BCUT2D eigenvalue weighted by atomic mass is 16.4. The number of carboxylic acids is 1. The number of aromatic nitrogens is 3. The Kier molecular flexibility index (Phi) is 3.89. The van der Waals surface area contributed by atoms with Crippen molar-refractivity contribution in [1.29, 1.82) is 0 Å². The fourth-order valence-electron chi connectivity index (χ4n) is 1.98. The Morgan fingerprint density at radius 1 is 1.52 bits per heavy atom. The molecule has 2 heterocycles. The Balaban J connectivity index is 2.36. The first-order chi connectivity index (χ1) is 9.93. The van der Waals surface area contributed by atoms with Crippen molar-refractivity contribution in [3.63, 3.8) is 0 Å². The lowest BCUT2D eigenvalue weighted by Crippen LogP contribution is -2.40. The molecule has 2 rings (SSSR count). The Morgan fingerprint density at radius 3 is 2.86 bits per heavy atom. The molecule has 0 aliphatic rings. The number of carbonyl (C=O) groups is 2. The van der Waals surface area contributed by atoms with Crippen LogP contribution >= 0.6 is 0 Å². The second-order valence-electron chi connectivity index (χ2n) is 4.61. The maximum atomic E-state index is 12.2. The highest BCUT2D eigenvalue weighted by Crippen LogP contribution is 2.12. The van der Waals surface area contributed by atoms with Crippen molar-refractivity contribution < 1.29 is 14.7 Å². The molecule has 0 aromatic carbocycles. The summed E-state index contributed by atoms with van der Waals surface area (Å²) in [6.45, 7) is 3.65. The zero-order valence-corrected chi connectivity index (χ0v) is 11.6. The van der Waals surface area contributed by atoms with Gasteiger partial charge in [0.25, 0.3) is 5.91 Å². The van der Waals surface area contributed by atoms with Crippen LogP contribution in [0.1, 0.15) is 28.2 Å². The van der Waals surface area contributed by atoms with E-state index in [2.05, 4.69) is 21.3 Å². The molecule has 1 atom stereocenters. The molecule has 2 aromatic heterocycles. The van der Waals surface area contributed by atoms with Gasteiger partial charge in [-0.1, -0.05) is 0 Å². The first-order valence-electron chi connectivity index (χ1n) is 6.23. The lowest BCUT2D eigenvalue weighted by Gasteiger charge is -2.11. The summed E-state index contributed by atoms with van der Waals surface area (Å²) in [5.41, 5.74) is 2.17. The van der Waals surface area contributed by atoms with Crippen molar-refractivity contribution in [2.75, 3.05) is 0 Å². The van der Waals surface area contributed by atoms with E-state index in [-0.39, 0.29) is 12.0 Å². The summed E-state index contributed by atoms with van der Waals surface area (Å²) >= 11 is 0. The van der Waals surface area contributed by atoms with Crippen LogP contribution in [0.25, 0.3) is 5.65 Å². The van der Waals surface area contributed by atoms with E-state index >= 15 is 0 Å². The van der Waals surface area contributed by atoms with Crippen LogP contribution in [0.3, 0.4) is 0 Å². The molecule has 108 valence electrons. The normalized spacial score (nSPS) is 11.9. The summed E-state index contributed by atoms with van der Waals surface area (Å²) in [7, 11) is 0. The average molecular weight is 286 g/mol. The largest absolute Gasteiger partial charge is 0.480 e. The summed E-state index contributed by atoms with van der Waals surface area (Å²) in [4.78, 5) is 27.5. The highest BCUT2D eigenvalue weighted by Gasteiger charge is 2.22. The van der Waals surface area contributed by atoms with Gasteiger partial charge < -0.3 is 10.4 Å². The number of nitrogens with zero attached hydrogens (tertiary/aromatic N) is 3. The monoisotopic (exact) mass is 286 g/mol. The quantitative estimate of drug-likeness (QED) is 0.800. The first-order valence-corrected chi connectivity index (χ1v) is 6.23. The van der Waals surface area contributed by atoms with E-state index in [0.717, 1.165) is 11.4 Å². The molecule has 0 aliphatic heterocycles. The van der Waals surface area contributed by atoms with Crippen LogP contribution in [-0.4, -0.2) is 37.6 Å². The molecule has 1 amide bonds. The van der Waals surface area contributed by atoms with E-state index in [1.54, 1.807) is 6.92 Å². The highest BCUT2D eigenvalue weighted by molar-refractivity contribution is 6.01. The van der Waals surface area contributed by atoms with Crippen molar-refractivity contribution in [3.8, 4) is 12.3 Å². The number of carbonyl (C=O) groups excluding carboxylic acids is 1. The van der Waals surface area contributed by atoms with Crippen LogP contribution in [0, 0.1) is 26.2 Å². The number of rotatable bonds is 4. The third-order valence-electron chi connectivity index (χ3n) is 2.95. The van der Waals surface area contributed by atoms with Crippen LogP contribution in [0.15, 0.2) is 12.3 Å². The maximum Gasteiger partial charge on any atom is 0.327 e. The van der Waals surface area contributed by atoms with Gasteiger partial charge in [-0.25, -0.2) is 14.3 Å². The van der Waals surface area contributed by atoms with Gasteiger partial charge in [-0.05, 0) is 19.9 Å². The summed E-state index contributed by atoms with van der Waals surface area (Å²) in [6, 6.07) is 0.698. The average Bonchev–Trinajstić information content (AvgIpc) is 2.81. The summed E-state index contributed by atoms with van der Waals surface area (Å²) in [5.74, 6) is 0.476. The molecule has 2 N–H and O–H groups in total. The van der Waals surface area contributed by atoms with Crippen molar-refractivity contribution in [3.05, 3.63) is 29.2 Å². The molecule has 7 heteroatoms. The van der Waals surface area contributed by atoms with Gasteiger partial charge in [-0.3, -0.25) is 4.79 Å². The molecule has 0 fully saturated rings. The second-order valence-corrected chi connectivity index (χ2v) is 4.61. The lowest BCUT2D eigenvalue weighted by molar-refractivity contribution is -0.139. The van der Waals surface area contributed by atoms with Gasteiger partial charge >= 0.3 is 5.97 Å². The molecular formula is C14H14N4O3. The summed E-state index contributed by atoms with van der Waals surface area (Å²) in [5, 5.41) is 15.5. The number of fused-ring (bicyclic) bond motifs is 1. The number of aliphatic carboxylic acids is 1. The molecule has 0 saturated carbocycles. The van der Waals surface area contributed by atoms with E-state index in [9.17, 15) is 9.59 Å². The number of carboxylic acid groups (broad SMARTS) is 1. The Labute approximate surface area is 121 Å². The number of nitrogens with one attached hydrogen (secondary N) is 1. The topological polar surface area (TPSA) is 96.6 Å². The lowest BCUT2D eigenvalue weighted by atomic mass is 10.2. The van der Waals surface area contributed by atoms with Gasteiger partial charge in [0, 0.05) is 17.8 Å². The van der Waals surface area contributed by atoms with E-state index in [1.807, 2.05) is 13.0 Å². The van der Waals surface area contributed by atoms with Crippen LogP contribution in [0.2, 0.25) is 0 Å². The van der Waals surface area contributed by atoms with Crippen LogP contribution in [0.4, 0.5) is 0 Å². The van der Waals surface area contributed by atoms with E-state index < -0.39 is 17.9 Å². The van der Waals surface area contributed by atoms with Crippen LogP contribution in [-0.2, 0) is 4.79 Å². The van der Waals surface area contributed by atoms with Crippen molar-refractivity contribution >= 4 is 17.5 Å². The van der Waals surface area contributed by atoms with E-state index in [4.69, 9.17) is 11.5 Å². The minimum absolute atomic E-state index is 0.0915. The smallest absolute Gasteiger partial charge is 0.327 e. The fourth-order valence-corrected chi connectivity index (χ4v) is 1.98. The number of terminal acetylenes is 1. The summed E-state index contributed by atoms with van der Waals surface area (Å²) in [6.07, 6.45) is 6.37. The minimum atomic E-state index is -1.18. The maximum absolute atomic E-state index is 12.2. The van der Waals surface area contributed by atoms with Crippen molar-refractivity contribution in [1.82, 2.24) is 19.9 Å². The molecular weight excluding hydrogens is 272 g/mol. The van der Waals surface area contributed by atoms with Gasteiger partial charge in [0.1, 0.15) is 11.6 Å². The van der Waals surface area contributed by atoms with E-state index in [1.165, 1.54) is 10.7 Å². The third-order valence-corrected chi connectivity index (χ3v) is 2.95. The molecule has 2 aromatic rings. The van der Waals surface area contributed by atoms with Gasteiger partial charge in [-0.2, -0.15) is 5.10 Å². The van der Waals surface area contributed by atoms with Crippen molar-refractivity contribution in [2.45, 2.75) is 26.3 Å². The van der Waals surface area contributed by atoms with Gasteiger partial charge in [-0.15, -0.1) is 12.3 Å². The predicted molar refractivity (Wildman–Crippen MR) is 74.8 cm³/mol. The molecule has 0 radical (unpaired) electrons. The second kappa shape index (κ2) is 5.63. The van der Waals surface area contributed by atoms with Crippen LogP contribution in [0.5, 0.6) is 0 Å². The standard InChI is InChI=1S/C14H14N4O3/c1-4-5-11(14(20)21)17-13(19)10-7-15-18-9(3)6-8(2)16-12(10)18/h1,6-7,11H,5H2,2-3H3,(H,17,19)(H,20,21). The molecule has 0 aliphatic carbocycles. The fraction of sp³-hybridized carbons (Fsp3) is 0.286. The number of aryl methyl sites for hydroxylation is 2. The molecule has 7 nitrogen and oxygen atoms in total. The van der Waals surface area contributed by atoms with E-state index in [0.29, 0.717) is 5.65 Å². The van der Waals surface area contributed by atoms with Crippen molar-refractivity contribution in [2.24, 2.45) is 0 Å². The predicted octanol–water partition coefficient (Wildman–Crippen LogP) is 0.552. The zero-order chi connectivity index (χ0) is 15.6. The molecule has 21 heavy (non-hydrogen) atoms. The zero-order valence-electron chi connectivity index (χ0n) is 11.6. The Hall–Kier alpha value is -2.88. The van der Waals surface area contributed by atoms with Gasteiger partial charge in [0.15, 0.2) is 5.65 Å². The van der Waals surface area contributed by atoms with Crippen LogP contribution < -0.4 is 5.32 Å². The molecule has 0 bridgehead atoms. The SMILES string of the molecule is C#CCC(NC(=O)c1cnn2c(C)cc(C)nc12)C(=O)O. The summed E-state index contributed by atoms with van der Waals surface area (Å²) < 4.78 is 1.53. The molecule has 1 unspecified atom stereocenters. The number of amides is 1. The Morgan fingerprint density at radius 2 is 2.24 bits per heavy atom. The number of hydrogen-bond donors (Lipinski definition) is 2. The molecule has 0 saturated heterocycles.